The molecule has 0 aliphatic carbocycles. The van der Waals surface area contributed by atoms with Gasteiger partial charge in [-0.2, -0.15) is 0 Å². The molecule has 0 spiro atoms. The second-order valence-corrected chi connectivity index (χ2v) is 6.20. The predicted octanol–water partition coefficient (Wildman–Crippen LogP) is 3.52. The van der Waals surface area contributed by atoms with Crippen LogP contribution in [-0.2, 0) is 11.3 Å². The molecule has 1 fully saturated rings. The van der Waals surface area contributed by atoms with E-state index >= 15 is 0 Å². The number of hydrogen-bond acceptors (Lipinski definition) is 4. The molecule has 6 heteroatoms. The Bertz CT molecular complexity index is 948. The molecule has 0 bridgehead atoms. The zero-order chi connectivity index (χ0) is 17.4. The van der Waals surface area contributed by atoms with Gasteiger partial charge in [-0.15, -0.1) is 0 Å². The van der Waals surface area contributed by atoms with Crippen molar-refractivity contribution in [2.45, 2.75) is 20.4 Å². The minimum absolute atomic E-state index is 0.281. The van der Waals surface area contributed by atoms with Crippen LogP contribution >= 0.6 is 0 Å². The molecule has 25 heavy (non-hydrogen) atoms. The number of benzene rings is 1. The molecular weight excluding hydrogens is 316 g/mol. The van der Waals surface area contributed by atoms with Gasteiger partial charge < -0.3 is 14.5 Å². The summed E-state index contributed by atoms with van der Waals surface area (Å²) < 4.78 is 7.13. The van der Waals surface area contributed by atoms with Crippen LogP contribution in [-0.4, -0.2) is 28.6 Å². The van der Waals surface area contributed by atoms with E-state index in [-0.39, 0.29) is 6.09 Å². The molecule has 2 aromatic heterocycles. The predicted molar refractivity (Wildman–Crippen MR) is 97.1 cm³/mol. The first-order valence-electron chi connectivity index (χ1n) is 8.35. The summed E-state index contributed by atoms with van der Waals surface area (Å²) in [6, 6.07) is 12.0. The smallest absolute Gasteiger partial charge is 0.414 e. The number of carbonyl (C=O) groups excluding carboxylic acids is 1. The van der Waals surface area contributed by atoms with Crippen molar-refractivity contribution in [3.8, 4) is 0 Å². The summed E-state index contributed by atoms with van der Waals surface area (Å²) in [5.41, 5.74) is 5.98. The van der Waals surface area contributed by atoms with Crippen LogP contribution in [0.4, 0.5) is 16.2 Å². The molecule has 0 unspecified atom stereocenters. The molecule has 1 saturated heterocycles. The summed E-state index contributed by atoms with van der Waals surface area (Å²) in [6.07, 6.45) is 1.77. The quantitative estimate of drug-likeness (QED) is 0.792. The summed E-state index contributed by atoms with van der Waals surface area (Å²) in [5, 5.41) is 3.43. The number of ether oxygens (including phenoxy) is 1. The minimum Gasteiger partial charge on any atom is -0.447 e. The van der Waals surface area contributed by atoms with Gasteiger partial charge in [-0.3, -0.25) is 4.90 Å². The van der Waals surface area contributed by atoms with Crippen molar-refractivity contribution in [1.29, 1.82) is 0 Å². The lowest BCUT2D eigenvalue weighted by Gasteiger charge is -2.18. The van der Waals surface area contributed by atoms with Gasteiger partial charge >= 0.3 is 6.09 Å². The van der Waals surface area contributed by atoms with E-state index in [4.69, 9.17) is 4.74 Å². The van der Waals surface area contributed by atoms with Gasteiger partial charge in [0.15, 0.2) is 0 Å². The summed E-state index contributed by atoms with van der Waals surface area (Å²) in [5.74, 6) is 0. The Morgan fingerprint density at radius 2 is 2.04 bits per heavy atom. The van der Waals surface area contributed by atoms with Gasteiger partial charge in [0.05, 0.1) is 24.5 Å². The molecule has 6 nitrogen and oxygen atoms in total. The fourth-order valence-electron chi connectivity index (χ4n) is 3.19. The Morgan fingerprint density at radius 1 is 1.20 bits per heavy atom. The van der Waals surface area contributed by atoms with Gasteiger partial charge in [-0.25, -0.2) is 9.78 Å². The lowest BCUT2D eigenvalue weighted by atomic mass is 10.1. The highest BCUT2D eigenvalue weighted by Gasteiger charge is 2.25. The standard InChI is InChI=1S/C19H20N4O2/c1-13-5-3-8-18-21-15(12-23(13)18)11-20-16-6-4-7-17(14(16)2)22-9-10-25-19(22)24/h3-8,12,20H,9-11H2,1-2H3. The highest BCUT2D eigenvalue weighted by Crippen LogP contribution is 2.29. The van der Waals surface area contributed by atoms with Gasteiger partial charge in [-0.05, 0) is 43.7 Å². The highest BCUT2D eigenvalue weighted by molar-refractivity contribution is 5.91. The van der Waals surface area contributed by atoms with Gasteiger partial charge in [0.2, 0.25) is 0 Å². The number of anilines is 2. The summed E-state index contributed by atoms with van der Waals surface area (Å²) in [7, 11) is 0. The van der Waals surface area contributed by atoms with Crippen LogP contribution in [0.25, 0.3) is 5.65 Å². The van der Waals surface area contributed by atoms with Crippen molar-refractivity contribution in [1.82, 2.24) is 9.38 Å². The zero-order valence-electron chi connectivity index (χ0n) is 14.3. The molecular formula is C19H20N4O2. The Balaban J connectivity index is 1.56. The fourth-order valence-corrected chi connectivity index (χ4v) is 3.19. The van der Waals surface area contributed by atoms with E-state index in [2.05, 4.69) is 33.9 Å². The normalized spacial score (nSPS) is 14.2. The molecule has 128 valence electrons. The van der Waals surface area contributed by atoms with Crippen LogP contribution in [0.5, 0.6) is 0 Å². The number of aromatic nitrogens is 2. The Hall–Kier alpha value is -3.02. The molecule has 1 aliphatic heterocycles. The second-order valence-electron chi connectivity index (χ2n) is 6.20. The third-order valence-corrected chi connectivity index (χ3v) is 4.56. The number of amides is 1. The minimum atomic E-state index is -0.281. The summed E-state index contributed by atoms with van der Waals surface area (Å²) in [4.78, 5) is 18.1. The van der Waals surface area contributed by atoms with E-state index in [0.717, 1.165) is 34.0 Å². The average Bonchev–Trinajstić information content (AvgIpc) is 3.21. The maximum atomic E-state index is 11.8. The molecule has 0 saturated carbocycles. The Labute approximate surface area is 146 Å². The lowest BCUT2D eigenvalue weighted by molar-refractivity contribution is 0.181. The van der Waals surface area contributed by atoms with E-state index in [1.54, 1.807) is 4.90 Å². The number of cyclic esters (lactones) is 1. The van der Waals surface area contributed by atoms with E-state index in [9.17, 15) is 4.79 Å². The van der Waals surface area contributed by atoms with Gasteiger partial charge in [0, 0.05) is 17.6 Å². The van der Waals surface area contributed by atoms with Crippen LogP contribution < -0.4 is 10.2 Å². The molecule has 3 aromatic rings. The maximum absolute atomic E-state index is 11.8. The van der Waals surface area contributed by atoms with E-state index in [0.29, 0.717) is 19.7 Å². The average molecular weight is 336 g/mol. The molecule has 4 rings (SSSR count). The van der Waals surface area contributed by atoms with Gasteiger partial charge in [0.25, 0.3) is 0 Å². The number of rotatable bonds is 4. The number of aryl methyl sites for hydroxylation is 1. The number of nitrogens with one attached hydrogen (secondary N) is 1. The van der Waals surface area contributed by atoms with Gasteiger partial charge in [0.1, 0.15) is 12.3 Å². The first-order chi connectivity index (χ1) is 12.1. The van der Waals surface area contributed by atoms with Crippen molar-refractivity contribution in [2.24, 2.45) is 0 Å². The number of carbonyl (C=O) groups is 1. The second kappa shape index (κ2) is 6.12. The van der Waals surface area contributed by atoms with Crippen LogP contribution in [0.2, 0.25) is 0 Å². The molecule has 0 radical (unpaired) electrons. The third kappa shape index (κ3) is 2.80. The third-order valence-electron chi connectivity index (χ3n) is 4.56. The molecule has 1 amide bonds. The van der Waals surface area contributed by atoms with Crippen molar-refractivity contribution >= 4 is 23.1 Å². The molecule has 1 N–H and O–H groups in total. The molecule has 1 aromatic carbocycles. The van der Waals surface area contributed by atoms with Crippen molar-refractivity contribution in [3.05, 3.63) is 59.5 Å². The molecule has 3 heterocycles. The number of hydrogen-bond donors (Lipinski definition) is 1. The van der Waals surface area contributed by atoms with Crippen LogP contribution in [0, 0.1) is 13.8 Å². The largest absolute Gasteiger partial charge is 0.447 e. The highest BCUT2D eigenvalue weighted by atomic mass is 16.6. The maximum Gasteiger partial charge on any atom is 0.414 e. The SMILES string of the molecule is Cc1c(NCc2cn3c(C)cccc3n2)cccc1N1CCOC1=O. The molecule has 1 aliphatic rings. The number of nitrogens with zero attached hydrogens (tertiary/aromatic N) is 3. The number of pyridine rings is 1. The first kappa shape index (κ1) is 15.5. The molecule has 0 atom stereocenters. The summed E-state index contributed by atoms with van der Waals surface area (Å²) in [6.45, 7) is 5.73. The van der Waals surface area contributed by atoms with E-state index < -0.39 is 0 Å². The van der Waals surface area contributed by atoms with Crippen molar-refractivity contribution in [3.63, 3.8) is 0 Å². The van der Waals surface area contributed by atoms with Gasteiger partial charge in [-0.1, -0.05) is 12.1 Å². The zero-order valence-corrected chi connectivity index (χ0v) is 14.3. The van der Waals surface area contributed by atoms with E-state index in [1.807, 2.05) is 37.3 Å². The van der Waals surface area contributed by atoms with E-state index in [1.165, 1.54) is 0 Å². The van der Waals surface area contributed by atoms with Crippen molar-refractivity contribution < 1.29 is 9.53 Å². The van der Waals surface area contributed by atoms with Crippen LogP contribution in [0.3, 0.4) is 0 Å². The first-order valence-corrected chi connectivity index (χ1v) is 8.35. The number of fused-ring (bicyclic) bond motifs is 1. The summed E-state index contributed by atoms with van der Waals surface area (Å²) >= 11 is 0. The topological polar surface area (TPSA) is 58.9 Å². The van der Waals surface area contributed by atoms with Crippen LogP contribution in [0.15, 0.2) is 42.6 Å². The lowest BCUT2D eigenvalue weighted by Crippen LogP contribution is -2.24. The monoisotopic (exact) mass is 336 g/mol. The van der Waals surface area contributed by atoms with Crippen molar-refractivity contribution in [2.75, 3.05) is 23.4 Å². The van der Waals surface area contributed by atoms with Crippen LogP contribution in [0.1, 0.15) is 17.0 Å². The Kier molecular flexibility index (Phi) is 3.80. The number of imidazole rings is 1. The fraction of sp³-hybridized carbons (Fsp3) is 0.263. The Morgan fingerprint density at radius 3 is 2.80 bits per heavy atom.